The van der Waals surface area contributed by atoms with Crippen LogP contribution >= 0.6 is 7.82 Å². The van der Waals surface area contributed by atoms with Crippen molar-refractivity contribution in [2.75, 3.05) is 13.2 Å². The van der Waals surface area contributed by atoms with E-state index in [1.54, 1.807) is 0 Å². The number of hydrogen-bond donors (Lipinski definition) is 2. The third kappa shape index (κ3) is 38.1. The third-order valence-electron chi connectivity index (χ3n) is 7.50. The summed E-state index contributed by atoms with van der Waals surface area (Å²) in [6.45, 7) is 3.48. The van der Waals surface area contributed by atoms with Crippen LogP contribution in [0, 0.1) is 0 Å². The minimum absolute atomic E-state index is 0.140. The van der Waals surface area contributed by atoms with Crippen LogP contribution in [0.2, 0.25) is 0 Å². The lowest BCUT2D eigenvalue weighted by Gasteiger charge is -2.18. The quantitative estimate of drug-likeness (QED) is 0.0299. The normalized spacial score (nSPS) is 13.3. The number of esters is 2. The molecule has 0 aromatic rings. The van der Waals surface area contributed by atoms with Crippen LogP contribution < -0.4 is 0 Å². The van der Waals surface area contributed by atoms with Crippen molar-refractivity contribution < 1.29 is 37.9 Å². The second-order valence-electron chi connectivity index (χ2n) is 12.2. The topological polar surface area (TPSA) is 119 Å². The summed E-state index contributed by atoms with van der Waals surface area (Å²) in [6.07, 6.45) is 44.9. The van der Waals surface area contributed by atoms with Gasteiger partial charge in [0.15, 0.2) is 6.10 Å². The predicted octanol–water partition coefficient (Wildman–Crippen LogP) is 11.1. The third-order valence-corrected chi connectivity index (χ3v) is 7.99. The van der Waals surface area contributed by atoms with E-state index in [-0.39, 0.29) is 19.4 Å². The van der Waals surface area contributed by atoms with E-state index in [0.29, 0.717) is 12.8 Å². The van der Waals surface area contributed by atoms with E-state index in [0.717, 1.165) is 57.8 Å². The van der Waals surface area contributed by atoms with Crippen LogP contribution in [-0.2, 0) is 28.2 Å². The van der Waals surface area contributed by atoms with Crippen LogP contribution in [0.1, 0.15) is 149 Å². The van der Waals surface area contributed by atoms with Gasteiger partial charge in [-0.1, -0.05) is 157 Å². The lowest BCUT2D eigenvalue weighted by atomic mass is 10.0. The Bertz CT molecular complexity index is 1020. The summed E-state index contributed by atoms with van der Waals surface area (Å²) < 4.78 is 26.2. The molecule has 0 saturated carbocycles. The van der Waals surface area contributed by atoms with Gasteiger partial charge in [0.05, 0.1) is 6.61 Å². The average molecular weight is 707 g/mol. The van der Waals surface area contributed by atoms with Crippen molar-refractivity contribution in [2.24, 2.45) is 0 Å². The highest BCUT2D eigenvalue weighted by Gasteiger charge is 2.22. The monoisotopic (exact) mass is 706 g/mol. The summed E-state index contributed by atoms with van der Waals surface area (Å²) in [5, 5.41) is 0. The zero-order chi connectivity index (χ0) is 36.1. The van der Waals surface area contributed by atoms with E-state index in [9.17, 15) is 14.2 Å². The predicted molar refractivity (Wildman–Crippen MR) is 202 cm³/mol. The van der Waals surface area contributed by atoms with Crippen LogP contribution in [0.25, 0.3) is 0 Å². The molecule has 0 spiro atoms. The van der Waals surface area contributed by atoms with Gasteiger partial charge in [0.1, 0.15) is 6.61 Å². The number of unbranched alkanes of at least 4 members (excludes halogenated alkanes) is 11. The van der Waals surface area contributed by atoms with Gasteiger partial charge >= 0.3 is 19.8 Å². The highest BCUT2D eigenvalue weighted by molar-refractivity contribution is 7.46. The Morgan fingerprint density at radius 2 is 0.980 bits per heavy atom. The molecule has 9 heteroatoms. The molecule has 0 saturated heterocycles. The number of hydrogen-bond acceptors (Lipinski definition) is 6. The maximum Gasteiger partial charge on any atom is 0.469 e. The summed E-state index contributed by atoms with van der Waals surface area (Å²) in [6, 6.07) is 0. The highest BCUT2D eigenvalue weighted by Crippen LogP contribution is 2.35. The number of allylic oxidation sites excluding steroid dienone is 12. The fourth-order valence-corrected chi connectivity index (χ4v) is 5.11. The van der Waals surface area contributed by atoms with E-state index < -0.39 is 32.5 Å². The van der Waals surface area contributed by atoms with Gasteiger partial charge in [-0.15, -0.1) is 0 Å². The van der Waals surface area contributed by atoms with Crippen LogP contribution in [-0.4, -0.2) is 41.0 Å². The van der Waals surface area contributed by atoms with Crippen molar-refractivity contribution in [3.8, 4) is 0 Å². The van der Waals surface area contributed by atoms with E-state index >= 15 is 0 Å². The molecule has 49 heavy (non-hydrogen) atoms. The molecule has 0 aliphatic carbocycles. The first-order valence-electron chi connectivity index (χ1n) is 18.7. The molecule has 0 heterocycles. The SMILES string of the molecule is CC/C=C\C/C=C\C/C=C\C/C=C\C/C=C\C/C=C\CCC(=O)OC[C@H](COP(=O)(O)O)OC(=O)CCCCCCCCCCCCCC. The van der Waals surface area contributed by atoms with Gasteiger partial charge in [-0.2, -0.15) is 0 Å². The fourth-order valence-electron chi connectivity index (χ4n) is 4.75. The number of phosphoric acid groups is 1. The minimum atomic E-state index is -4.77. The molecule has 280 valence electrons. The molecule has 0 aromatic carbocycles. The zero-order valence-corrected chi connectivity index (χ0v) is 31.5. The summed E-state index contributed by atoms with van der Waals surface area (Å²) in [5.74, 6) is -0.988. The summed E-state index contributed by atoms with van der Waals surface area (Å²) in [4.78, 5) is 42.6. The average Bonchev–Trinajstić information content (AvgIpc) is 3.07. The lowest BCUT2D eigenvalue weighted by molar-refractivity contribution is -0.161. The Labute approximate surface area is 298 Å². The Morgan fingerprint density at radius 3 is 1.43 bits per heavy atom. The highest BCUT2D eigenvalue weighted by atomic mass is 31.2. The van der Waals surface area contributed by atoms with Crippen LogP contribution in [0.5, 0.6) is 0 Å². The van der Waals surface area contributed by atoms with Crippen molar-refractivity contribution in [3.05, 3.63) is 72.9 Å². The van der Waals surface area contributed by atoms with Crippen molar-refractivity contribution in [3.63, 3.8) is 0 Å². The minimum Gasteiger partial charge on any atom is -0.462 e. The lowest BCUT2D eigenvalue weighted by Crippen LogP contribution is -2.29. The Kier molecular flexibility index (Phi) is 33.5. The first-order valence-corrected chi connectivity index (χ1v) is 20.3. The molecule has 1 atom stereocenters. The van der Waals surface area contributed by atoms with Gasteiger partial charge in [0.2, 0.25) is 0 Å². The van der Waals surface area contributed by atoms with Crippen molar-refractivity contribution in [1.82, 2.24) is 0 Å². The molecule has 0 bridgehead atoms. The zero-order valence-electron chi connectivity index (χ0n) is 30.6. The largest absolute Gasteiger partial charge is 0.469 e. The van der Waals surface area contributed by atoms with Crippen LogP contribution in [0.3, 0.4) is 0 Å². The number of carbonyl (C=O) groups excluding carboxylic acids is 2. The van der Waals surface area contributed by atoms with Gasteiger partial charge in [0.25, 0.3) is 0 Å². The molecule has 0 aliphatic rings. The van der Waals surface area contributed by atoms with Gasteiger partial charge in [-0.05, 0) is 51.4 Å². The Morgan fingerprint density at radius 1 is 0.551 bits per heavy atom. The Balaban J connectivity index is 4.11. The first kappa shape index (κ1) is 46.5. The van der Waals surface area contributed by atoms with E-state index in [4.69, 9.17) is 19.3 Å². The van der Waals surface area contributed by atoms with Crippen molar-refractivity contribution >= 4 is 19.8 Å². The van der Waals surface area contributed by atoms with Crippen LogP contribution in [0.15, 0.2) is 72.9 Å². The van der Waals surface area contributed by atoms with E-state index in [2.05, 4.69) is 79.1 Å². The molecule has 0 fully saturated rings. The molecule has 0 rings (SSSR count). The van der Waals surface area contributed by atoms with Crippen molar-refractivity contribution in [2.45, 2.75) is 155 Å². The van der Waals surface area contributed by atoms with Crippen LogP contribution in [0.4, 0.5) is 0 Å². The molecular weight excluding hydrogens is 639 g/mol. The molecular formula is C40H67O8P. The standard InChI is InChI=1S/C40H67O8P/c1-3-5-7-9-11-13-15-17-18-19-20-21-22-23-25-26-28-30-32-34-39(41)46-36-38(37-47-49(43,44)45)48-40(42)35-33-31-29-27-24-16-14-12-10-8-6-4-2/h5,7,11,13,17-18,20-21,23,25,28,30,38H,3-4,6,8-10,12,14-16,19,22,24,26-27,29,31-37H2,1-2H3,(H2,43,44,45)/b7-5-,13-11-,18-17-,21-20-,25-23-,30-28-/t38-/m1/s1. The van der Waals surface area contributed by atoms with Crippen molar-refractivity contribution in [1.29, 1.82) is 0 Å². The fraction of sp³-hybridized carbons (Fsp3) is 0.650. The van der Waals surface area contributed by atoms with E-state index in [1.807, 2.05) is 12.2 Å². The number of phosphoric ester groups is 1. The molecule has 0 aromatic heterocycles. The number of ether oxygens (including phenoxy) is 2. The van der Waals surface area contributed by atoms with E-state index in [1.165, 1.54) is 51.4 Å². The number of rotatable bonds is 33. The summed E-state index contributed by atoms with van der Waals surface area (Å²) in [7, 11) is -4.77. The first-order chi connectivity index (χ1) is 23.8. The van der Waals surface area contributed by atoms with Gasteiger partial charge in [0, 0.05) is 12.8 Å². The molecule has 0 aliphatic heterocycles. The number of carbonyl (C=O) groups is 2. The van der Waals surface area contributed by atoms with Gasteiger partial charge in [-0.25, -0.2) is 4.57 Å². The second-order valence-corrected chi connectivity index (χ2v) is 13.4. The Hall–Kier alpha value is -2.51. The maximum atomic E-state index is 12.3. The summed E-state index contributed by atoms with van der Waals surface area (Å²) >= 11 is 0. The van der Waals surface area contributed by atoms with Gasteiger partial charge in [-0.3, -0.25) is 14.1 Å². The smallest absolute Gasteiger partial charge is 0.462 e. The molecule has 0 unspecified atom stereocenters. The molecule has 0 radical (unpaired) electrons. The second kappa shape index (κ2) is 35.3. The molecule has 8 nitrogen and oxygen atoms in total. The molecule has 2 N–H and O–H groups in total. The molecule has 0 amide bonds. The maximum absolute atomic E-state index is 12.3. The summed E-state index contributed by atoms with van der Waals surface area (Å²) in [5.41, 5.74) is 0. The van der Waals surface area contributed by atoms with Gasteiger partial charge < -0.3 is 19.3 Å².